The van der Waals surface area contributed by atoms with E-state index in [0.717, 1.165) is 57.6 Å². The molecule has 0 aromatic heterocycles. The van der Waals surface area contributed by atoms with Gasteiger partial charge in [0.1, 0.15) is 0 Å². The highest BCUT2D eigenvalue weighted by Gasteiger charge is 2.57. The summed E-state index contributed by atoms with van der Waals surface area (Å²) >= 11 is 0. The second-order valence-corrected chi connectivity index (χ2v) is 41.3. The molecular weight excluding hydrogens is 551 g/mol. The van der Waals surface area contributed by atoms with Crippen molar-refractivity contribution in [3.8, 4) is 0 Å². The average Bonchev–Trinajstić information content (AvgIpc) is 3.52. The topological polar surface area (TPSA) is 83.0 Å². The molecule has 3 fully saturated rings. The lowest BCUT2D eigenvalue weighted by molar-refractivity contribution is 0.130. The molecule has 10 heteroatoms. The molecule has 3 rings (SSSR count). The van der Waals surface area contributed by atoms with Gasteiger partial charge < -0.3 is 24.7 Å². The van der Waals surface area contributed by atoms with Gasteiger partial charge in [0.2, 0.25) is 0 Å². The Hall–Kier alpha value is 0.628. The molecule has 230 valence electrons. The zero-order valence-corrected chi connectivity index (χ0v) is 30.9. The summed E-state index contributed by atoms with van der Waals surface area (Å²) < 4.78 is 22.7. The monoisotopic (exact) mass is 615 g/mol. The van der Waals surface area contributed by atoms with Crippen molar-refractivity contribution in [3.63, 3.8) is 0 Å². The first-order chi connectivity index (χ1) is 18.6. The largest absolute Gasteiger partial charge is 0.427 e. The number of rotatable bonds is 17. The Morgan fingerprint density at radius 1 is 0.974 bits per heavy atom. The van der Waals surface area contributed by atoms with Crippen molar-refractivity contribution in [1.29, 1.82) is 0 Å². The van der Waals surface area contributed by atoms with Gasteiger partial charge in [-0.25, -0.2) is 0 Å². The number of hydrogen-bond donors (Lipinski definition) is 2. The first-order valence-corrected chi connectivity index (χ1v) is 28.8. The first-order valence-electron chi connectivity index (χ1n) is 16.7. The van der Waals surface area contributed by atoms with Crippen LogP contribution in [0.1, 0.15) is 85.0 Å². The highest BCUT2D eigenvalue weighted by atomic mass is 29.6. The van der Waals surface area contributed by atoms with E-state index in [2.05, 4.69) is 45.0 Å². The van der Waals surface area contributed by atoms with Gasteiger partial charge in [-0.05, 0) is 115 Å². The van der Waals surface area contributed by atoms with Gasteiger partial charge in [-0.2, -0.15) is 0 Å². The molecule has 0 aromatic carbocycles. The normalized spacial score (nSPS) is 32.6. The van der Waals surface area contributed by atoms with Crippen molar-refractivity contribution in [3.05, 3.63) is 0 Å². The summed E-state index contributed by atoms with van der Waals surface area (Å²) in [7, 11) is -6.05. The molecular formula is C29H65N3O3Si4. The van der Waals surface area contributed by atoms with Crippen molar-refractivity contribution in [2.75, 3.05) is 46.0 Å². The molecule has 0 bridgehead atoms. The summed E-state index contributed by atoms with van der Waals surface area (Å²) in [6.45, 7) is 21.0. The molecule has 1 aliphatic carbocycles. The summed E-state index contributed by atoms with van der Waals surface area (Å²) in [4.78, 5) is 0. The standard InChI is InChI=1S/C29H65N3O3Si4/c1-7-33-38(22-13-21-36(38)37(4,5)6)28(16-18-29(26-31)17-10-14-27(24-29)25-30)15-11-19-32-20-12-23-39(32,34-8-2)35-9-3/h27-28,36H,7-26,30-31H2,1-6H3. The van der Waals surface area contributed by atoms with Crippen molar-refractivity contribution < 1.29 is 13.3 Å². The third kappa shape index (κ3) is 8.17. The Morgan fingerprint density at radius 2 is 1.69 bits per heavy atom. The van der Waals surface area contributed by atoms with Crippen LogP contribution >= 0.6 is 0 Å². The van der Waals surface area contributed by atoms with Crippen molar-refractivity contribution in [2.24, 2.45) is 22.8 Å². The summed E-state index contributed by atoms with van der Waals surface area (Å²) in [6.07, 6.45) is 13.0. The lowest BCUT2D eigenvalue weighted by Gasteiger charge is -2.46. The smallest absolute Gasteiger partial charge is 0.420 e. The molecule has 5 atom stereocenters. The number of nitrogens with two attached hydrogens (primary N) is 2. The van der Waals surface area contributed by atoms with Gasteiger partial charge in [0.25, 0.3) is 0 Å². The van der Waals surface area contributed by atoms with Crippen LogP contribution < -0.4 is 11.5 Å². The minimum absolute atomic E-state index is 0.304. The van der Waals surface area contributed by atoms with Gasteiger partial charge in [-0.15, -0.1) is 0 Å². The van der Waals surface area contributed by atoms with Gasteiger partial charge in [-0.3, -0.25) is 4.57 Å². The molecule has 3 aliphatic rings. The van der Waals surface area contributed by atoms with Crippen LogP contribution in [0, 0.1) is 11.3 Å². The third-order valence-electron chi connectivity index (χ3n) is 10.8. The van der Waals surface area contributed by atoms with Crippen LogP contribution in [0.15, 0.2) is 0 Å². The average molecular weight is 616 g/mol. The number of hydrogen-bond acceptors (Lipinski definition) is 6. The maximum absolute atomic E-state index is 7.21. The van der Waals surface area contributed by atoms with Crippen LogP contribution in [0.25, 0.3) is 0 Å². The van der Waals surface area contributed by atoms with Gasteiger partial charge in [-0.1, -0.05) is 44.9 Å². The Morgan fingerprint density at radius 3 is 2.31 bits per heavy atom. The molecule has 2 saturated heterocycles. The lowest BCUT2D eigenvalue weighted by Crippen LogP contribution is -2.64. The number of nitrogens with zero attached hydrogens (tertiary/aromatic N) is 1. The van der Waals surface area contributed by atoms with Crippen molar-refractivity contribution >= 4 is 32.0 Å². The molecule has 0 radical (unpaired) electrons. The van der Waals surface area contributed by atoms with Crippen LogP contribution in [-0.4, -0.2) is 82.5 Å². The zero-order valence-electron chi connectivity index (χ0n) is 26.7. The molecule has 39 heavy (non-hydrogen) atoms. The Kier molecular flexibility index (Phi) is 13.5. The fraction of sp³-hybridized carbons (Fsp3) is 1.00. The van der Waals surface area contributed by atoms with Gasteiger partial charge in [0.05, 0.1) is 7.83 Å². The predicted molar refractivity (Wildman–Crippen MR) is 177 cm³/mol. The van der Waals surface area contributed by atoms with Gasteiger partial charge >= 0.3 is 8.72 Å². The fourth-order valence-corrected chi connectivity index (χ4v) is 53.5. The van der Waals surface area contributed by atoms with E-state index in [1.807, 2.05) is 0 Å². The molecule has 0 aromatic rings. The van der Waals surface area contributed by atoms with Gasteiger partial charge in [0, 0.05) is 33.5 Å². The van der Waals surface area contributed by atoms with E-state index in [1.165, 1.54) is 70.3 Å². The van der Waals surface area contributed by atoms with Crippen molar-refractivity contribution in [1.82, 2.24) is 4.57 Å². The van der Waals surface area contributed by atoms with Crippen LogP contribution in [0.5, 0.6) is 0 Å². The Labute approximate surface area is 246 Å². The molecule has 5 unspecified atom stereocenters. The molecule has 0 amide bonds. The third-order valence-corrected chi connectivity index (χ3v) is 49.3. The molecule has 6 nitrogen and oxygen atoms in total. The maximum atomic E-state index is 7.21. The summed E-state index contributed by atoms with van der Waals surface area (Å²) in [5.41, 5.74) is 13.9. The second-order valence-electron chi connectivity index (χ2n) is 14.1. The van der Waals surface area contributed by atoms with Crippen LogP contribution in [-0.2, 0) is 13.3 Å². The summed E-state index contributed by atoms with van der Waals surface area (Å²) in [5.74, 6) is 0.666. The highest BCUT2D eigenvalue weighted by molar-refractivity contribution is 7.60. The minimum Gasteiger partial charge on any atom is -0.420 e. The molecule has 2 heterocycles. The maximum Gasteiger partial charge on any atom is 0.427 e. The van der Waals surface area contributed by atoms with E-state index >= 15 is 0 Å². The van der Waals surface area contributed by atoms with E-state index < -0.39 is 32.0 Å². The minimum atomic E-state index is -2.22. The first kappa shape index (κ1) is 34.1. The van der Waals surface area contributed by atoms with Crippen LogP contribution in [0.2, 0.25) is 43.3 Å². The van der Waals surface area contributed by atoms with Crippen molar-refractivity contribution in [2.45, 2.75) is 128 Å². The highest BCUT2D eigenvalue weighted by Crippen LogP contribution is 2.50. The molecule has 1 saturated carbocycles. The Bertz CT molecular complexity index is 724. The van der Waals surface area contributed by atoms with Crippen LogP contribution in [0.3, 0.4) is 0 Å². The SMILES string of the molecule is CCO[Si]1(OCC)CCCN1CCCC(CCC1(CN)CCCC(CN)C1)[Si]1(OCC)CCC[SiH]1[Si](C)(C)C. The van der Waals surface area contributed by atoms with E-state index in [-0.39, 0.29) is 0 Å². The van der Waals surface area contributed by atoms with E-state index in [4.69, 9.17) is 24.7 Å². The summed E-state index contributed by atoms with van der Waals surface area (Å²) in [5, 5.41) is 0. The fourth-order valence-electron chi connectivity index (χ4n) is 9.08. The molecule has 4 N–H and O–H groups in total. The molecule has 2 aliphatic heterocycles. The van der Waals surface area contributed by atoms with Crippen LogP contribution in [0.4, 0.5) is 0 Å². The Balaban J connectivity index is 1.81. The van der Waals surface area contributed by atoms with E-state index in [1.54, 1.807) is 6.04 Å². The second kappa shape index (κ2) is 15.4. The zero-order chi connectivity index (χ0) is 28.6. The van der Waals surface area contributed by atoms with E-state index in [0.29, 0.717) is 11.3 Å². The quantitative estimate of drug-likeness (QED) is 0.200. The lowest BCUT2D eigenvalue weighted by atomic mass is 9.67. The molecule has 0 spiro atoms. The summed E-state index contributed by atoms with van der Waals surface area (Å²) in [6, 6.07) is 4.11. The predicted octanol–water partition coefficient (Wildman–Crippen LogP) is 5.84. The van der Waals surface area contributed by atoms with E-state index in [9.17, 15) is 0 Å². The van der Waals surface area contributed by atoms with Gasteiger partial charge in [0.15, 0.2) is 7.83 Å².